The quantitative estimate of drug-likeness (QED) is 0.161. The summed E-state index contributed by atoms with van der Waals surface area (Å²) in [5.74, 6) is 0.411. The number of thioether (sulfide) groups is 1. The topological polar surface area (TPSA) is 119 Å². The van der Waals surface area contributed by atoms with E-state index in [2.05, 4.69) is 5.32 Å². The Morgan fingerprint density at radius 1 is 1.18 bits per heavy atom. The molecule has 0 saturated heterocycles. The molecule has 0 radical (unpaired) electrons. The number of nitro groups is 1. The number of anilines is 1. The fraction of sp³-hybridized carbons (Fsp3) is 0.269. The van der Waals surface area contributed by atoms with Gasteiger partial charge < -0.3 is 10.1 Å². The number of aryl methyl sites for hydroxylation is 1. The summed E-state index contributed by atoms with van der Waals surface area (Å²) in [7, 11) is -3.11. The summed E-state index contributed by atoms with van der Waals surface area (Å²) < 4.78 is 47.3. The highest BCUT2D eigenvalue weighted by molar-refractivity contribution is 7.98. The Hall–Kier alpha value is -3.35. The number of carbonyl (C=O) groups is 1. The van der Waals surface area contributed by atoms with Crippen molar-refractivity contribution in [3.05, 3.63) is 92.7 Å². The van der Waals surface area contributed by atoms with Gasteiger partial charge >= 0.3 is 0 Å². The number of carbonyl (C=O) groups excluding carboxylic acids is 1. The van der Waals surface area contributed by atoms with Crippen LogP contribution in [0.15, 0.2) is 65.6 Å². The Labute approximate surface area is 235 Å². The zero-order chi connectivity index (χ0) is 28.6. The van der Waals surface area contributed by atoms with E-state index in [9.17, 15) is 27.7 Å². The van der Waals surface area contributed by atoms with Gasteiger partial charge in [0.25, 0.3) is 15.7 Å². The molecule has 1 N–H and O–H groups in total. The lowest BCUT2D eigenvalue weighted by atomic mass is 10.2. The van der Waals surface area contributed by atoms with Crippen LogP contribution in [-0.4, -0.2) is 45.2 Å². The first kappa shape index (κ1) is 30.2. The third kappa shape index (κ3) is 7.84. The van der Waals surface area contributed by atoms with Crippen molar-refractivity contribution in [2.24, 2.45) is 0 Å². The van der Waals surface area contributed by atoms with E-state index in [4.69, 9.17) is 16.3 Å². The van der Waals surface area contributed by atoms with E-state index >= 15 is 0 Å². The number of nitrogens with zero attached hydrogens (tertiary/aromatic N) is 2. The molecular weight excluding hydrogens is 569 g/mol. The first-order chi connectivity index (χ1) is 18.5. The van der Waals surface area contributed by atoms with Gasteiger partial charge in [-0.15, -0.1) is 0 Å². The highest BCUT2D eigenvalue weighted by Gasteiger charge is 2.31. The molecule has 0 aromatic heterocycles. The first-order valence-corrected chi connectivity index (χ1v) is 14.7. The minimum absolute atomic E-state index is 0.00354. The molecule has 0 unspecified atom stereocenters. The monoisotopic (exact) mass is 595 g/mol. The van der Waals surface area contributed by atoms with Gasteiger partial charge in [-0.05, 0) is 55.0 Å². The molecule has 39 heavy (non-hydrogen) atoms. The van der Waals surface area contributed by atoms with Gasteiger partial charge in [0.05, 0.1) is 22.6 Å². The highest BCUT2D eigenvalue weighted by atomic mass is 35.5. The lowest BCUT2D eigenvalue weighted by molar-refractivity contribution is -0.385. The van der Waals surface area contributed by atoms with Gasteiger partial charge in [0, 0.05) is 29.0 Å². The van der Waals surface area contributed by atoms with Gasteiger partial charge in [0.15, 0.2) is 0 Å². The first-order valence-electron chi connectivity index (χ1n) is 11.7. The number of hydrogen-bond acceptors (Lipinski definition) is 7. The molecule has 0 spiro atoms. The number of methoxy groups -OCH3 is 1. The maximum atomic E-state index is 13.7. The summed E-state index contributed by atoms with van der Waals surface area (Å²) in [6.45, 7) is 1.14. The lowest BCUT2D eigenvalue weighted by Gasteiger charge is -2.26. The van der Waals surface area contributed by atoms with Crippen molar-refractivity contribution >= 4 is 50.7 Å². The minimum atomic E-state index is -4.46. The fourth-order valence-corrected chi connectivity index (χ4v) is 6.17. The third-order valence-electron chi connectivity index (χ3n) is 5.67. The van der Waals surface area contributed by atoms with Gasteiger partial charge in [-0.2, -0.15) is 11.8 Å². The van der Waals surface area contributed by atoms with Crippen LogP contribution in [0.5, 0.6) is 5.75 Å². The molecule has 3 rings (SSSR count). The van der Waals surface area contributed by atoms with Crippen molar-refractivity contribution in [2.75, 3.05) is 30.3 Å². The third-order valence-corrected chi connectivity index (χ3v) is 8.75. The molecule has 0 fully saturated rings. The number of sulfonamides is 1. The average Bonchev–Trinajstić information content (AvgIpc) is 2.90. The molecule has 0 atom stereocenters. The van der Waals surface area contributed by atoms with Gasteiger partial charge in [0.2, 0.25) is 5.91 Å². The standard InChI is InChI=1S/C26H27ClFN3O6S2/c1-18-8-10-21(15-23(18)31(33)34)39(35,36)30(24-14-20(27)9-11-25(24)37-2)16-26(32)29-12-5-13-38-17-19-6-3-4-7-22(19)28/h3-4,6-11,14-15H,5,12-13,16-17H2,1-2H3,(H,29,32). The molecule has 0 bridgehead atoms. The second kappa shape index (κ2) is 13.6. The van der Waals surface area contributed by atoms with Crippen LogP contribution in [0, 0.1) is 22.9 Å². The highest BCUT2D eigenvalue weighted by Crippen LogP contribution is 2.35. The van der Waals surface area contributed by atoms with Crippen molar-refractivity contribution < 1.29 is 27.3 Å². The number of nitro benzene ring substituents is 1. The Kier molecular flexibility index (Phi) is 10.6. The molecule has 0 saturated carbocycles. The van der Waals surface area contributed by atoms with Crippen LogP contribution in [0.25, 0.3) is 0 Å². The van der Waals surface area contributed by atoms with Crippen molar-refractivity contribution in [2.45, 2.75) is 24.0 Å². The number of hydrogen-bond donors (Lipinski definition) is 1. The number of benzene rings is 3. The van der Waals surface area contributed by atoms with Crippen molar-refractivity contribution in [3.8, 4) is 5.75 Å². The number of amides is 1. The van der Waals surface area contributed by atoms with E-state index in [1.54, 1.807) is 18.2 Å². The normalized spacial score (nSPS) is 11.2. The summed E-state index contributed by atoms with van der Waals surface area (Å²) in [5, 5.41) is 14.3. The molecule has 9 nitrogen and oxygen atoms in total. The van der Waals surface area contributed by atoms with E-state index in [1.165, 1.54) is 62.2 Å². The van der Waals surface area contributed by atoms with Crippen molar-refractivity contribution in [3.63, 3.8) is 0 Å². The molecule has 208 valence electrons. The predicted molar refractivity (Wildman–Crippen MR) is 151 cm³/mol. The van der Waals surface area contributed by atoms with E-state index in [0.29, 0.717) is 23.5 Å². The maximum Gasteiger partial charge on any atom is 0.273 e. The summed E-state index contributed by atoms with van der Waals surface area (Å²) in [5.41, 5.74) is 0.519. The van der Waals surface area contributed by atoms with E-state index in [1.807, 2.05) is 0 Å². The minimum Gasteiger partial charge on any atom is -0.495 e. The predicted octanol–water partition coefficient (Wildman–Crippen LogP) is 5.34. The Morgan fingerprint density at radius 3 is 2.62 bits per heavy atom. The largest absolute Gasteiger partial charge is 0.495 e. The zero-order valence-electron chi connectivity index (χ0n) is 21.2. The van der Waals surface area contributed by atoms with E-state index in [-0.39, 0.29) is 45.0 Å². The Balaban J connectivity index is 1.76. The molecule has 13 heteroatoms. The van der Waals surface area contributed by atoms with Crippen LogP contribution in [0.3, 0.4) is 0 Å². The number of ether oxygens (including phenoxy) is 1. The number of rotatable bonds is 13. The summed E-state index contributed by atoms with van der Waals surface area (Å²) in [6, 6.07) is 14.3. The molecular formula is C26H27ClFN3O6S2. The molecule has 3 aromatic carbocycles. The van der Waals surface area contributed by atoms with Crippen LogP contribution < -0.4 is 14.4 Å². The second-order valence-corrected chi connectivity index (χ2v) is 11.8. The van der Waals surface area contributed by atoms with Crippen LogP contribution in [0.2, 0.25) is 5.02 Å². The van der Waals surface area contributed by atoms with E-state index < -0.39 is 27.4 Å². The number of nitrogens with one attached hydrogen (secondary N) is 1. The van der Waals surface area contributed by atoms with Gasteiger partial charge in [-0.1, -0.05) is 35.9 Å². The second-order valence-electron chi connectivity index (χ2n) is 8.38. The number of halogens is 2. The van der Waals surface area contributed by atoms with Crippen LogP contribution >= 0.6 is 23.4 Å². The molecule has 0 heterocycles. The van der Waals surface area contributed by atoms with Crippen LogP contribution in [0.4, 0.5) is 15.8 Å². The molecule has 0 aliphatic carbocycles. The smallest absolute Gasteiger partial charge is 0.273 e. The van der Waals surface area contributed by atoms with Crippen molar-refractivity contribution in [1.82, 2.24) is 5.32 Å². The molecule has 0 aliphatic rings. The Morgan fingerprint density at radius 2 is 1.92 bits per heavy atom. The van der Waals surface area contributed by atoms with Crippen LogP contribution in [-0.2, 0) is 20.6 Å². The molecule has 1 amide bonds. The zero-order valence-corrected chi connectivity index (χ0v) is 23.6. The summed E-state index contributed by atoms with van der Waals surface area (Å²) in [4.78, 5) is 23.3. The fourth-order valence-electron chi connectivity index (χ4n) is 3.62. The van der Waals surface area contributed by atoms with E-state index in [0.717, 1.165) is 10.4 Å². The summed E-state index contributed by atoms with van der Waals surface area (Å²) >= 11 is 7.64. The van der Waals surface area contributed by atoms with Gasteiger partial charge in [-0.25, -0.2) is 12.8 Å². The average molecular weight is 596 g/mol. The molecule has 3 aromatic rings. The van der Waals surface area contributed by atoms with Crippen molar-refractivity contribution in [1.29, 1.82) is 0 Å². The summed E-state index contributed by atoms with van der Waals surface area (Å²) in [6.07, 6.45) is 0.572. The molecule has 0 aliphatic heterocycles. The van der Waals surface area contributed by atoms with Crippen LogP contribution in [0.1, 0.15) is 17.5 Å². The Bertz CT molecular complexity index is 1460. The lowest BCUT2D eigenvalue weighted by Crippen LogP contribution is -2.41. The van der Waals surface area contributed by atoms with Gasteiger partial charge in [0.1, 0.15) is 18.1 Å². The maximum absolute atomic E-state index is 13.7. The van der Waals surface area contributed by atoms with Gasteiger partial charge in [-0.3, -0.25) is 19.2 Å². The SMILES string of the molecule is COc1ccc(Cl)cc1N(CC(=O)NCCCSCc1ccccc1F)S(=O)(=O)c1ccc(C)c([N+](=O)[O-])c1.